The van der Waals surface area contributed by atoms with Crippen LogP contribution in [0.3, 0.4) is 0 Å². The molecule has 7 nitrogen and oxygen atoms in total. The summed E-state index contributed by atoms with van der Waals surface area (Å²) in [5.74, 6) is -0.452. The van der Waals surface area contributed by atoms with Crippen molar-refractivity contribution in [3.63, 3.8) is 0 Å². The third-order valence-electron chi connectivity index (χ3n) is 5.33. The molecule has 1 aromatic heterocycles. The molecule has 0 aliphatic heterocycles. The highest BCUT2D eigenvalue weighted by atomic mass is 79.9. The SMILES string of the molecule is Cc1cccc(C)c1NC(=O)N(Cc1cn(Cc2ccccc2)nn1)/N=C/c1ccc(Br)cc1F. The second-order valence-corrected chi connectivity index (χ2v) is 8.97. The number of para-hydroxylation sites is 1. The Morgan fingerprint density at radius 3 is 2.57 bits per heavy atom. The first-order chi connectivity index (χ1) is 16.9. The Morgan fingerprint density at radius 1 is 1.11 bits per heavy atom. The normalized spacial score (nSPS) is 11.1. The van der Waals surface area contributed by atoms with Gasteiger partial charge in [-0.1, -0.05) is 69.7 Å². The molecule has 0 unspecified atom stereocenters. The molecule has 3 aromatic carbocycles. The van der Waals surface area contributed by atoms with E-state index in [1.54, 1.807) is 23.0 Å². The first-order valence-electron chi connectivity index (χ1n) is 11.0. The summed E-state index contributed by atoms with van der Waals surface area (Å²) in [6.07, 6.45) is 3.09. The molecule has 0 bridgehead atoms. The second kappa shape index (κ2) is 11.1. The predicted octanol–water partition coefficient (Wildman–Crippen LogP) is 5.91. The summed E-state index contributed by atoms with van der Waals surface area (Å²) in [4.78, 5) is 13.2. The number of urea groups is 1. The lowest BCUT2D eigenvalue weighted by atomic mass is 10.1. The number of nitrogens with zero attached hydrogens (tertiary/aromatic N) is 5. The smallest absolute Gasteiger partial charge is 0.306 e. The van der Waals surface area contributed by atoms with Crippen LogP contribution in [0.5, 0.6) is 0 Å². The lowest BCUT2D eigenvalue weighted by Gasteiger charge is -2.19. The molecule has 178 valence electrons. The highest BCUT2D eigenvalue weighted by Gasteiger charge is 2.17. The number of aromatic nitrogens is 3. The van der Waals surface area contributed by atoms with Crippen molar-refractivity contribution in [2.45, 2.75) is 26.9 Å². The number of hydrogen-bond donors (Lipinski definition) is 1. The van der Waals surface area contributed by atoms with Gasteiger partial charge in [-0.15, -0.1) is 5.10 Å². The van der Waals surface area contributed by atoms with Crippen LogP contribution in [-0.2, 0) is 13.1 Å². The fraction of sp³-hybridized carbons (Fsp3) is 0.154. The highest BCUT2D eigenvalue weighted by molar-refractivity contribution is 9.10. The van der Waals surface area contributed by atoms with Gasteiger partial charge in [0.25, 0.3) is 0 Å². The van der Waals surface area contributed by atoms with E-state index in [4.69, 9.17) is 0 Å². The molecule has 4 rings (SSSR count). The van der Waals surface area contributed by atoms with Gasteiger partial charge in [0.2, 0.25) is 0 Å². The molecular formula is C26H24BrFN6O. The number of anilines is 1. The molecule has 0 atom stereocenters. The van der Waals surface area contributed by atoms with E-state index < -0.39 is 11.8 Å². The van der Waals surface area contributed by atoms with Gasteiger partial charge in [-0.05, 0) is 48.7 Å². The van der Waals surface area contributed by atoms with E-state index in [-0.39, 0.29) is 12.1 Å². The highest BCUT2D eigenvalue weighted by Crippen LogP contribution is 2.20. The molecule has 1 N–H and O–H groups in total. The standard InChI is InChI=1S/C26H24BrFN6O/c1-18-7-6-8-19(2)25(18)30-26(35)34(29-14-21-11-12-22(27)13-24(21)28)17-23-16-33(32-31-23)15-20-9-4-3-5-10-20/h3-14,16H,15,17H2,1-2H3,(H,30,35)/b29-14+. The van der Waals surface area contributed by atoms with Crippen LogP contribution in [0.25, 0.3) is 0 Å². The number of aryl methyl sites for hydroxylation is 2. The van der Waals surface area contributed by atoms with Crippen LogP contribution in [-0.4, -0.2) is 32.2 Å². The van der Waals surface area contributed by atoms with E-state index in [0.717, 1.165) is 16.7 Å². The topological polar surface area (TPSA) is 75.4 Å². The fourth-order valence-electron chi connectivity index (χ4n) is 3.50. The van der Waals surface area contributed by atoms with Gasteiger partial charge in [0.1, 0.15) is 11.5 Å². The fourth-order valence-corrected chi connectivity index (χ4v) is 3.83. The van der Waals surface area contributed by atoms with Crippen LogP contribution >= 0.6 is 15.9 Å². The zero-order valence-electron chi connectivity index (χ0n) is 19.3. The number of hydrazone groups is 1. The van der Waals surface area contributed by atoms with Crippen molar-refractivity contribution in [3.05, 3.63) is 111 Å². The Kier molecular flexibility index (Phi) is 7.67. The Hall–Kier alpha value is -3.85. The quantitative estimate of drug-likeness (QED) is 0.236. The number of nitrogens with one attached hydrogen (secondary N) is 1. The maximum Gasteiger partial charge on any atom is 0.342 e. The van der Waals surface area contributed by atoms with E-state index in [1.807, 2.05) is 62.4 Å². The van der Waals surface area contributed by atoms with E-state index in [2.05, 4.69) is 36.7 Å². The van der Waals surface area contributed by atoms with Crippen molar-refractivity contribution >= 4 is 33.9 Å². The molecule has 0 fully saturated rings. The Balaban J connectivity index is 1.57. The largest absolute Gasteiger partial charge is 0.342 e. The van der Waals surface area contributed by atoms with Gasteiger partial charge >= 0.3 is 6.03 Å². The monoisotopic (exact) mass is 534 g/mol. The minimum Gasteiger partial charge on any atom is -0.306 e. The van der Waals surface area contributed by atoms with Crippen molar-refractivity contribution in [1.29, 1.82) is 0 Å². The molecule has 0 aliphatic carbocycles. The molecule has 4 aromatic rings. The Labute approximate surface area is 211 Å². The van der Waals surface area contributed by atoms with Crippen LogP contribution in [0.4, 0.5) is 14.9 Å². The molecule has 0 radical (unpaired) electrons. The van der Waals surface area contributed by atoms with Crippen LogP contribution < -0.4 is 5.32 Å². The summed E-state index contributed by atoms with van der Waals surface area (Å²) in [7, 11) is 0. The molecule has 0 spiro atoms. The van der Waals surface area contributed by atoms with Crippen molar-refractivity contribution < 1.29 is 9.18 Å². The molecule has 2 amide bonds. The van der Waals surface area contributed by atoms with Crippen LogP contribution in [0, 0.1) is 19.7 Å². The molecule has 0 saturated heterocycles. The lowest BCUT2D eigenvalue weighted by Crippen LogP contribution is -2.31. The first kappa shape index (κ1) is 24.3. The number of halogens is 2. The second-order valence-electron chi connectivity index (χ2n) is 8.06. The molecular weight excluding hydrogens is 511 g/mol. The van der Waals surface area contributed by atoms with E-state index in [1.165, 1.54) is 17.3 Å². The van der Waals surface area contributed by atoms with Gasteiger partial charge in [-0.25, -0.2) is 18.9 Å². The summed E-state index contributed by atoms with van der Waals surface area (Å²) >= 11 is 3.24. The van der Waals surface area contributed by atoms with Gasteiger partial charge in [0.05, 0.1) is 25.5 Å². The number of carbonyl (C=O) groups is 1. The molecule has 9 heteroatoms. The van der Waals surface area contributed by atoms with Crippen LogP contribution in [0.2, 0.25) is 0 Å². The summed E-state index contributed by atoms with van der Waals surface area (Å²) in [5.41, 5.74) is 4.44. The van der Waals surface area contributed by atoms with Gasteiger partial charge < -0.3 is 5.32 Å². The Bertz CT molecular complexity index is 1330. The number of amides is 2. The van der Waals surface area contributed by atoms with Gasteiger partial charge in [0.15, 0.2) is 0 Å². The van der Waals surface area contributed by atoms with Gasteiger partial charge in [-0.2, -0.15) is 5.10 Å². The molecule has 0 aliphatic rings. The van der Waals surface area contributed by atoms with Gasteiger partial charge in [0, 0.05) is 15.7 Å². The average molecular weight is 535 g/mol. The van der Waals surface area contributed by atoms with E-state index >= 15 is 0 Å². The number of benzene rings is 3. The van der Waals surface area contributed by atoms with Gasteiger partial charge in [-0.3, -0.25) is 0 Å². The predicted molar refractivity (Wildman–Crippen MR) is 138 cm³/mol. The summed E-state index contributed by atoms with van der Waals surface area (Å²) in [6, 6.07) is 19.8. The number of rotatable bonds is 7. The zero-order valence-corrected chi connectivity index (χ0v) is 20.9. The van der Waals surface area contributed by atoms with E-state index in [9.17, 15) is 9.18 Å². The summed E-state index contributed by atoms with van der Waals surface area (Å²) in [6.45, 7) is 4.45. The molecule has 1 heterocycles. The number of hydrogen-bond acceptors (Lipinski definition) is 4. The maximum absolute atomic E-state index is 14.3. The van der Waals surface area contributed by atoms with Crippen molar-refractivity contribution in [1.82, 2.24) is 20.0 Å². The van der Waals surface area contributed by atoms with Crippen molar-refractivity contribution in [2.75, 3.05) is 5.32 Å². The minimum atomic E-state index is -0.464. The lowest BCUT2D eigenvalue weighted by molar-refractivity contribution is 0.211. The maximum atomic E-state index is 14.3. The van der Waals surface area contributed by atoms with E-state index in [0.29, 0.717) is 22.4 Å². The Morgan fingerprint density at radius 2 is 1.86 bits per heavy atom. The van der Waals surface area contributed by atoms with Crippen molar-refractivity contribution in [3.8, 4) is 0 Å². The molecule has 0 saturated carbocycles. The summed E-state index contributed by atoms with van der Waals surface area (Å²) < 4.78 is 16.6. The summed E-state index contributed by atoms with van der Waals surface area (Å²) in [5, 5.41) is 16.8. The average Bonchev–Trinajstić information content (AvgIpc) is 3.27. The van der Waals surface area contributed by atoms with Crippen LogP contribution in [0.1, 0.15) is 27.9 Å². The van der Waals surface area contributed by atoms with Crippen molar-refractivity contribution in [2.24, 2.45) is 5.10 Å². The molecule has 35 heavy (non-hydrogen) atoms. The minimum absolute atomic E-state index is 0.0558. The van der Waals surface area contributed by atoms with Crippen LogP contribution in [0.15, 0.2) is 82.5 Å². The zero-order chi connectivity index (χ0) is 24.8. The third kappa shape index (κ3) is 6.39. The first-order valence-corrected chi connectivity index (χ1v) is 11.7. The third-order valence-corrected chi connectivity index (χ3v) is 5.82. The number of carbonyl (C=O) groups excluding carboxylic acids is 1.